The number of benzene rings is 1. The molecule has 0 bridgehead atoms. The van der Waals surface area contributed by atoms with Crippen molar-refractivity contribution < 1.29 is 4.74 Å². The van der Waals surface area contributed by atoms with E-state index in [1.807, 2.05) is 18.2 Å². The van der Waals surface area contributed by atoms with Crippen LogP contribution in [-0.2, 0) is 0 Å². The van der Waals surface area contributed by atoms with Crippen molar-refractivity contribution in [3.05, 3.63) is 43.0 Å². The molecule has 3 nitrogen and oxygen atoms in total. The SMILES string of the molecule is C=CCOc1cccc2nc(N3CCCCC3)ccc12. The van der Waals surface area contributed by atoms with Crippen LogP contribution >= 0.6 is 0 Å². The third-order valence-electron chi connectivity index (χ3n) is 3.71. The summed E-state index contributed by atoms with van der Waals surface area (Å²) in [5.74, 6) is 1.96. The van der Waals surface area contributed by atoms with Crippen LogP contribution in [0.5, 0.6) is 5.75 Å². The van der Waals surface area contributed by atoms with Crippen LogP contribution in [0.15, 0.2) is 43.0 Å². The lowest BCUT2D eigenvalue weighted by Gasteiger charge is -2.27. The molecule has 0 saturated carbocycles. The van der Waals surface area contributed by atoms with Crippen LogP contribution in [0, 0.1) is 0 Å². The van der Waals surface area contributed by atoms with Crippen LogP contribution in [0.1, 0.15) is 19.3 Å². The van der Waals surface area contributed by atoms with Crippen molar-refractivity contribution in [2.24, 2.45) is 0 Å². The molecule has 3 heteroatoms. The maximum atomic E-state index is 5.68. The summed E-state index contributed by atoms with van der Waals surface area (Å²) >= 11 is 0. The first-order valence-corrected chi connectivity index (χ1v) is 7.27. The highest BCUT2D eigenvalue weighted by Gasteiger charge is 2.13. The summed E-state index contributed by atoms with van der Waals surface area (Å²) in [6.07, 6.45) is 5.63. The zero-order valence-corrected chi connectivity index (χ0v) is 11.7. The number of hydrogen-bond donors (Lipinski definition) is 0. The van der Waals surface area contributed by atoms with Crippen LogP contribution in [0.25, 0.3) is 10.9 Å². The van der Waals surface area contributed by atoms with Crippen molar-refractivity contribution in [2.75, 3.05) is 24.6 Å². The molecule has 1 aliphatic rings. The van der Waals surface area contributed by atoms with E-state index < -0.39 is 0 Å². The number of aromatic nitrogens is 1. The van der Waals surface area contributed by atoms with Crippen molar-refractivity contribution in [2.45, 2.75) is 19.3 Å². The number of ether oxygens (including phenoxy) is 1. The van der Waals surface area contributed by atoms with Gasteiger partial charge >= 0.3 is 0 Å². The Morgan fingerprint density at radius 3 is 2.80 bits per heavy atom. The number of nitrogens with zero attached hydrogens (tertiary/aromatic N) is 2. The first-order chi connectivity index (χ1) is 9.88. The Kier molecular flexibility index (Phi) is 3.86. The van der Waals surface area contributed by atoms with Crippen LogP contribution in [-0.4, -0.2) is 24.7 Å². The van der Waals surface area contributed by atoms with Gasteiger partial charge in [-0.1, -0.05) is 18.7 Å². The van der Waals surface area contributed by atoms with Crippen molar-refractivity contribution in [1.82, 2.24) is 4.98 Å². The average Bonchev–Trinajstić information content (AvgIpc) is 2.53. The quantitative estimate of drug-likeness (QED) is 0.789. The van der Waals surface area contributed by atoms with Gasteiger partial charge in [-0.2, -0.15) is 0 Å². The Hall–Kier alpha value is -2.03. The summed E-state index contributed by atoms with van der Waals surface area (Å²) in [7, 11) is 0. The topological polar surface area (TPSA) is 25.4 Å². The second-order valence-corrected chi connectivity index (χ2v) is 5.14. The van der Waals surface area contributed by atoms with Crippen molar-refractivity contribution in [3.8, 4) is 5.75 Å². The number of fused-ring (bicyclic) bond motifs is 1. The van der Waals surface area contributed by atoms with Crippen molar-refractivity contribution >= 4 is 16.7 Å². The Labute approximate surface area is 119 Å². The lowest BCUT2D eigenvalue weighted by atomic mass is 10.1. The first-order valence-electron chi connectivity index (χ1n) is 7.27. The van der Waals surface area contributed by atoms with Gasteiger partial charge in [0.2, 0.25) is 0 Å². The predicted molar refractivity (Wildman–Crippen MR) is 83.5 cm³/mol. The van der Waals surface area contributed by atoms with Crippen LogP contribution in [0.3, 0.4) is 0 Å². The number of piperidine rings is 1. The summed E-state index contributed by atoms with van der Waals surface area (Å²) in [5.41, 5.74) is 0.995. The second-order valence-electron chi connectivity index (χ2n) is 5.14. The molecule has 0 N–H and O–H groups in total. The molecule has 20 heavy (non-hydrogen) atoms. The maximum absolute atomic E-state index is 5.68. The third kappa shape index (κ3) is 2.62. The molecule has 0 atom stereocenters. The fourth-order valence-electron chi connectivity index (χ4n) is 2.69. The van der Waals surface area contributed by atoms with Gasteiger partial charge in [0.15, 0.2) is 0 Å². The van der Waals surface area contributed by atoms with Gasteiger partial charge < -0.3 is 9.64 Å². The van der Waals surface area contributed by atoms with Gasteiger partial charge in [0.1, 0.15) is 18.2 Å². The van der Waals surface area contributed by atoms with Crippen LogP contribution in [0.2, 0.25) is 0 Å². The van der Waals surface area contributed by atoms with Gasteiger partial charge in [0, 0.05) is 18.5 Å². The Morgan fingerprint density at radius 2 is 2.00 bits per heavy atom. The monoisotopic (exact) mass is 268 g/mol. The van der Waals surface area contributed by atoms with Gasteiger partial charge in [-0.25, -0.2) is 4.98 Å². The summed E-state index contributed by atoms with van der Waals surface area (Å²) in [4.78, 5) is 7.16. The van der Waals surface area contributed by atoms with E-state index >= 15 is 0 Å². The van der Waals surface area contributed by atoms with E-state index in [0.29, 0.717) is 6.61 Å². The van der Waals surface area contributed by atoms with Crippen LogP contribution in [0.4, 0.5) is 5.82 Å². The van der Waals surface area contributed by atoms with E-state index in [1.165, 1.54) is 19.3 Å². The number of anilines is 1. The molecule has 0 radical (unpaired) electrons. The molecule has 2 heterocycles. The highest BCUT2D eigenvalue weighted by Crippen LogP contribution is 2.27. The van der Waals surface area contributed by atoms with E-state index in [-0.39, 0.29) is 0 Å². The highest BCUT2D eigenvalue weighted by molar-refractivity contribution is 5.86. The Bertz CT molecular complexity index is 603. The molecule has 104 valence electrons. The van der Waals surface area contributed by atoms with Gasteiger partial charge in [0.25, 0.3) is 0 Å². The number of pyridine rings is 1. The van der Waals surface area contributed by atoms with E-state index in [2.05, 4.69) is 23.6 Å². The highest BCUT2D eigenvalue weighted by atomic mass is 16.5. The molecule has 0 amide bonds. The third-order valence-corrected chi connectivity index (χ3v) is 3.71. The van der Waals surface area contributed by atoms with E-state index in [1.54, 1.807) is 6.08 Å². The molecular formula is C17H20N2O. The minimum absolute atomic E-state index is 0.521. The first kappa shape index (κ1) is 13.0. The summed E-state index contributed by atoms with van der Waals surface area (Å²) in [5, 5.41) is 1.06. The van der Waals surface area contributed by atoms with E-state index in [4.69, 9.17) is 9.72 Å². The maximum Gasteiger partial charge on any atom is 0.129 e. The van der Waals surface area contributed by atoms with Gasteiger partial charge in [-0.3, -0.25) is 0 Å². The minimum Gasteiger partial charge on any atom is -0.489 e. The molecule has 1 aliphatic heterocycles. The molecule has 0 unspecified atom stereocenters. The van der Waals surface area contributed by atoms with Gasteiger partial charge in [0.05, 0.1) is 5.52 Å². The summed E-state index contributed by atoms with van der Waals surface area (Å²) < 4.78 is 5.68. The molecule has 1 saturated heterocycles. The molecular weight excluding hydrogens is 248 g/mol. The zero-order chi connectivity index (χ0) is 13.8. The standard InChI is InChI=1S/C17H20N2O/c1-2-13-20-16-8-6-7-15-14(16)9-10-17(18-15)19-11-4-3-5-12-19/h2,6-10H,1,3-5,11-13H2. The van der Waals surface area contributed by atoms with Gasteiger partial charge in [-0.15, -0.1) is 0 Å². The minimum atomic E-state index is 0.521. The predicted octanol–water partition coefficient (Wildman–Crippen LogP) is 3.79. The normalized spacial score (nSPS) is 15.3. The zero-order valence-electron chi connectivity index (χ0n) is 11.7. The smallest absolute Gasteiger partial charge is 0.129 e. The number of hydrogen-bond acceptors (Lipinski definition) is 3. The lowest BCUT2D eigenvalue weighted by molar-refractivity contribution is 0.367. The Balaban J connectivity index is 1.92. The Morgan fingerprint density at radius 1 is 1.15 bits per heavy atom. The van der Waals surface area contributed by atoms with E-state index in [9.17, 15) is 0 Å². The molecule has 0 spiro atoms. The second kappa shape index (κ2) is 5.95. The molecule has 1 fully saturated rings. The average molecular weight is 268 g/mol. The van der Waals surface area contributed by atoms with Crippen molar-refractivity contribution in [3.63, 3.8) is 0 Å². The summed E-state index contributed by atoms with van der Waals surface area (Å²) in [6.45, 7) is 6.44. The lowest BCUT2D eigenvalue weighted by Crippen LogP contribution is -2.30. The van der Waals surface area contributed by atoms with E-state index in [0.717, 1.165) is 35.6 Å². The molecule has 3 rings (SSSR count). The number of rotatable bonds is 4. The fraction of sp³-hybridized carbons (Fsp3) is 0.353. The van der Waals surface area contributed by atoms with Crippen LogP contribution < -0.4 is 9.64 Å². The summed E-state index contributed by atoms with van der Waals surface area (Å²) in [6, 6.07) is 10.2. The van der Waals surface area contributed by atoms with Gasteiger partial charge in [-0.05, 0) is 43.5 Å². The molecule has 1 aromatic carbocycles. The molecule has 0 aliphatic carbocycles. The molecule has 1 aromatic heterocycles. The van der Waals surface area contributed by atoms with Crippen molar-refractivity contribution in [1.29, 1.82) is 0 Å². The molecule has 2 aromatic rings. The fourth-order valence-corrected chi connectivity index (χ4v) is 2.69. The largest absolute Gasteiger partial charge is 0.489 e.